The molecule has 0 fully saturated rings. The Morgan fingerprint density at radius 3 is 2.44 bits per heavy atom. The Balaban J connectivity index is 2.92. The summed E-state index contributed by atoms with van der Waals surface area (Å²) in [7, 11) is 0. The number of hydrogen-bond acceptors (Lipinski definition) is 2. The fourth-order valence-electron chi connectivity index (χ4n) is 1.69. The zero-order valence-corrected chi connectivity index (χ0v) is 11.9. The van der Waals surface area contributed by atoms with Crippen LogP contribution in [0.15, 0.2) is 30.3 Å². The van der Waals surface area contributed by atoms with Crippen LogP contribution in [-0.2, 0) is 14.5 Å². The minimum atomic E-state index is -1.09. The van der Waals surface area contributed by atoms with Crippen LogP contribution in [0.4, 0.5) is 0 Å². The van der Waals surface area contributed by atoms with E-state index in [1.807, 2.05) is 44.2 Å². The van der Waals surface area contributed by atoms with Crippen molar-refractivity contribution in [2.24, 2.45) is 0 Å². The van der Waals surface area contributed by atoms with Crippen LogP contribution in [0.3, 0.4) is 0 Å². The van der Waals surface area contributed by atoms with Gasteiger partial charge in [-0.2, -0.15) is 0 Å². The molecular weight excluding hydrogens is 250 g/mol. The number of nitrogens with zero attached hydrogens (tertiary/aromatic N) is 1. The second-order valence-electron chi connectivity index (χ2n) is 4.19. The van der Waals surface area contributed by atoms with Gasteiger partial charge in [0.05, 0.1) is 6.61 Å². The minimum absolute atomic E-state index is 0.223. The third-order valence-corrected chi connectivity index (χ3v) is 3.04. The van der Waals surface area contributed by atoms with Crippen molar-refractivity contribution < 1.29 is 9.63 Å². The first-order valence-electron chi connectivity index (χ1n) is 6.23. The van der Waals surface area contributed by atoms with Crippen molar-refractivity contribution in [3.63, 3.8) is 0 Å². The van der Waals surface area contributed by atoms with Crippen molar-refractivity contribution >= 4 is 17.5 Å². The van der Waals surface area contributed by atoms with Gasteiger partial charge in [-0.3, -0.25) is 9.63 Å². The number of benzene rings is 1. The highest BCUT2D eigenvalue weighted by atomic mass is 35.5. The average Bonchev–Trinajstić information content (AvgIpc) is 2.38. The third kappa shape index (κ3) is 3.47. The van der Waals surface area contributed by atoms with Crippen molar-refractivity contribution in [2.75, 3.05) is 13.2 Å². The van der Waals surface area contributed by atoms with Gasteiger partial charge < -0.3 is 0 Å². The van der Waals surface area contributed by atoms with Gasteiger partial charge in [0.15, 0.2) is 0 Å². The molecule has 0 aliphatic rings. The van der Waals surface area contributed by atoms with Gasteiger partial charge >= 0.3 is 0 Å². The molecule has 0 radical (unpaired) electrons. The minimum Gasteiger partial charge on any atom is -0.271 e. The molecule has 18 heavy (non-hydrogen) atoms. The highest BCUT2D eigenvalue weighted by Crippen LogP contribution is 2.30. The van der Waals surface area contributed by atoms with Crippen molar-refractivity contribution in [2.45, 2.75) is 32.1 Å². The second kappa shape index (κ2) is 6.76. The largest absolute Gasteiger partial charge is 0.271 e. The molecular formula is C14H20ClNO2. The SMILES string of the molecule is CCCN(OCC)C(=O)C(C)(Cl)c1ccccc1. The second-order valence-corrected chi connectivity index (χ2v) is 4.95. The zero-order chi connectivity index (χ0) is 13.6. The van der Waals surface area contributed by atoms with Gasteiger partial charge in [0, 0.05) is 6.54 Å². The summed E-state index contributed by atoms with van der Waals surface area (Å²) in [5, 5.41) is 1.36. The lowest BCUT2D eigenvalue weighted by molar-refractivity contribution is -0.187. The van der Waals surface area contributed by atoms with Crippen molar-refractivity contribution in [3.05, 3.63) is 35.9 Å². The summed E-state index contributed by atoms with van der Waals surface area (Å²) in [6, 6.07) is 9.33. The number of hydrogen-bond donors (Lipinski definition) is 0. The van der Waals surface area contributed by atoms with E-state index >= 15 is 0 Å². The van der Waals surface area contributed by atoms with E-state index in [4.69, 9.17) is 16.4 Å². The van der Waals surface area contributed by atoms with E-state index in [9.17, 15) is 4.79 Å². The Kier molecular flexibility index (Phi) is 5.63. The Morgan fingerprint density at radius 1 is 1.33 bits per heavy atom. The molecule has 3 nitrogen and oxygen atoms in total. The summed E-state index contributed by atoms with van der Waals surface area (Å²) in [6.45, 7) is 6.54. The topological polar surface area (TPSA) is 29.5 Å². The van der Waals surface area contributed by atoms with Gasteiger partial charge in [-0.25, -0.2) is 5.06 Å². The molecule has 0 aromatic heterocycles. The predicted molar refractivity (Wildman–Crippen MR) is 73.3 cm³/mol. The monoisotopic (exact) mass is 269 g/mol. The smallest absolute Gasteiger partial charge is 0.271 e. The molecule has 0 aliphatic heterocycles. The summed E-state index contributed by atoms with van der Waals surface area (Å²) >= 11 is 6.41. The average molecular weight is 270 g/mol. The quantitative estimate of drug-likeness (QED) is 0.586. The molecule has 0 N–H and O–H groups in total. The fourth-order valence-corrected chi connectivity index (χ4v) is 1.91. The van der Waals surface area contributed by atoms with E-state index < -0.39 is 4.87 Å². The van der Waals surface area contributed by atoms with Crippen molar-refractivity contribution in [3.8, 4) is 0 Å². The van der Waals surface area contributed by atoms with Crippen LogP contribution in [0, 0.1) is 0 Å². The van der Waals surface area contributed by atoms with Crippen LogP contribution in [0.5, 0.6) is 0 Å². The summed E-state index contributed by atoms with van der Waals surface area (Å²) in [5.41, 5.74) is 0.775. The van der Waals surface area contributed by atoms with Gasteiger partial charge in [0.25, 0.3) is 5.91 Å². The van der Waals surface area contributed by atoms with Gasteiger partial charge in [-0.15, -0.1) is 11.6 Å². The molecule has 0 saturated carbocycles. The molecule has 0 aliphatic carbocycles. The van der Waals surface area contributed by atoms with E-state index in [0.29, 0.717) is 13.2 Å². The Morgan fingerprint density at radius 2 is 1.94 bits per heavy atom. The number of halogens is 1. The first kappa shape index (κ1) is 15.0. The Bertz CT molecular complexity index is 373. The molecule has 0 bridgehead atoms. The summed E-state index contributed by atoms with van der Waals surface area (Å²) in [4.78, 5) is 16.7. The fraction of sp³-hybridized carbons (Fsp3) is 0.500. The maximum Gasteiger partial charge on any atom is 0.271 e. The lowest BCUT2D eigenvalue weighted by Crippen LogP contribution is -2.42. The maximum atomic E-state index is 12.4. The van der Waals surface area contributed by atoms with Crippen LogP contribution < -0.4 is 0 Å². The molecule has 1 unspecified atom stereocenters. The number of alkyl halides is 1. The number of carbonyl (C=O) groups is 1. The van der Waals surface area contributed by atoms with E-state index in [0.717, 1.165) is 12.0 Å². The molecule has 1 aromatic carbocycles. The molecule has 0 heterocycles. The molecule has 1 amide bonds. The molecule has 1 rings (SSSR count). The number of rotatable bonds is 6. The molecule has 4 heteroatoms. The van der Waals surface area contributed by atoms with Crippen molar-refractivity contribution in [1.29, 1.82) is 0 Å². The molecule has 1 atom stereocenters. The summed E-state index contributed by atoms with van der Waals surface area (Å²) in [5.74, 6) is -0.223. The number of carbonyl (C=O) groups excluding carboxylic acids is 1. The van der Waals surface area contributed by atoms with Gasteiger partial charge in [-0.05, 0) is 25.8 Å². The van der Waals surface area contributed by atoms with E-state index in [1.54, 1.807) is 6.92 Å². The van der Waals surface area contributed by atoms with Gasteiger partial charge in [-0.1, -0.05) is 37.3 Å². The number of amides is 1. The normalized spacial score (nSPS) is 14.0. The molecule has 1 aromatic rings. The third-order valence-electron chi connectivity index (χ3n) is 2.66. The van der Waals surface area contributed by atoms with Gasteiger partial charge in [0.1, 0.15) is 4.87 Å². The molecule has 100 valence electrons. The van der Waals surface area contributed by atoms with Crippen LogP contribution in [0.1, 0.15) is 32.8 Å². The lowest BCUT2D eigenvalue weighted by Gasteiger charge is -2.29. The van der Waals surface area contributed by atoms with E-state index in [1.165, 1.54) is 5.06 Å². The van der Waals surface area contributed by atoms with E-state index in [-0.39, 0.29) is 5.91 Å². The summed E-state index contributed by atoms with van der Waals surface area (Å²) in [6.07, 6.45) is 0.827. The van der Waals surface area contributed by atoms with Crippen LogP contribution >= 0.6 is 11.6 Å². The lowest BCUT2D eigenvalue weighted by atomic mass is 9.99. The van der Waals surface area contributed by atoms with Gasteiger partial charge in [0.2, 0.25) is 0 Å². The predicted octanol–water partition coefficient (Wildman–Crippen LogP) is 3.33. The van der Waals surface area contributed by atoms with Crippen LogP contribution in [0.2, 0.25) is 0 Å². The Hall–Kier alpha value is -1.06. The first-order chi connectivity index (χ1) is 8.54. The Labute approximate surface area is 114 Å². The maximum absolute atomic E-state index is 12.4. The zero-order valence-electron chi connectivity index (χ0n) is 11.1. The highest BCUT2D eigenvalue weighted by molar-refractivity contribution is 6.34. The van der Waals surface area contributed by atoms with E-state index in [2.05, 4.69) is 0 Å². The summed E-state index contributed by atoms with van der Waals surface area (Å²) < 4.78 is 0. The molecule has 0 saturated heterocycles. The van der Waals surface area contributed by atoms with Crippen LogP contribution in [0.25, 0.3) is 0 Å². The standard InChI is InChI=1S/C14H20ClNO2/c1-4-11-16(18-5-2)13(17)14(3,15)12-9-7-6-8-10-12/h6-10H,4-5,11H2,1-3H3. The number of hydroxylamine groups is 2. The highest BCUT2D eigenvalue weighted by Gasteiger charge is 2.36. The molecule has 0 spiro atoms. The van der Waals surface area contributed by atoms with Crippen LogP contribution in [-0.4, -0.2) is 24.1 Å². The van der Waals surface area contributed by atoms with Crippen molar-refractivity contribution in [1.82, 2.24) is 5.06 Å². The first-order valence-corrected chi connectivity index (χ1v) is 6.61.